The van der Waals surface area contributed by atoms with Crippen molar-refractivity contribution in [3.8, 4) is 16.9 Å². The number of nitrogen functional groups attached to an aromatic ring is 1. The van der Waals surface area contributed by atoms with E-state index in [1.807, 2.05) is 0 Å². The highest BCUT2D eigenvalue weighted by molar-refractivity contribution is 6.08. The van der Waals surface area contributed by atoms with Gasteiger partial charge in [0.05, 0.1) is 17.4 Å². The molecule has 1 aliphatic heterocycles. The van der Waals surface area contributed by atoms with Crippen LogP contribution in [0.4, 0.5) is 11.5 Å². The van der Waals surface area contributed by atoms with E-state index in [-0.39, 0.29) is 17.1 Å². The van der Waals surface area contributed by atoms with Crippen LogP contribution in [0.2, 0.25) is 0 Å². The second-order valence-electron chi connectivity index (χ2n) is 7.86. The highest BCUT2D eigenvalue weighted by Gasteiger charge is 2.24. The van der Waals surface area contributed by atoms with Crippen molar-refractivity contribution in [2.45, 2.75) is 25.7 Å². The molecule has 5 N–H and O–H groups in total. The van der Waals surface area contributed by atoms with Crippen LogP contribution in [-0.2, 0) is 0 Å². The van der Waals surface area contributed by atoms with Crippen LogP contribution in [-0.4, -0.2) is 51.2 Å². The largest absolute Gasteiger partial charge is 0.505 e. The van der Waals surface area contributed by atoms with Gasteiger partial charge in [-0.25, -0.2) is 4.98 Å². The number of aryl methyl sites for hydroxylation is 1. The minimum absolute atomic E-state index is 0.0351. The first-order valence-electron chi connectivity index (χ1n) is 10.0. The molecule has 0 spiro atoms. The molecule has 3 heterocycles. The van der Waals surface area contributed by atoms with Gasteiger partial charge < -0.3 is 21.1 Å². The van der Waals surface area contributed by atoms with Crippen molar-refractivity contribution in [3.63, 3.8) is 0 Å². The number of aromatic hydroxyl groups is 1. The van der Waals surface area contributed by atoms with Gasteiger partial charge >= 0.3 is 0 Å². The van der Waals surface area contributed by atoms with Crippen molar-refractivity contribution < 1.29 is 9.90 Å². The van der Waals surface area contributed by atoms with Crippen molar-refractivity contribution in [1.82, 2.24) is 20.1 Å². The van der Waals surface area contributed by atoms with Crippen molar-refractivity contribution in [2.75, 3.05) is 31.2 Å². The van der Waals surface area contributed by atoms with Crippen molar-refractivity contribution in [2.24, 2.45) is 0 Å². The van der Waals surface area contributed by atoms with Crippen LogP contribution in [0.1, 0.15) is 40.4 Å². The Morgan fingerprint density at radius 2 is 2.07 bits per heavy atom. The van der Waals surface area contributed by atoms with Crippen molar-refractivity contribution in [3.05, 3.63) is 53.5 Å². The minimum atomic E-state index is -0.424. The molecular formula is C22H26N6O2. The van der Waals surface area contributed by atoms with Gasteiger partial charge in [-0.3, -0.25) is 9.89 Å². The molecule has 3 aromatic rings. The van der Waals surface area contributed by atoms with Gasteiger partial charge in [0, 0.05) is 28.9 Å². The van der Waals surface area contributed by atoms with Crippen LogP contribution < -0.4 is 11.1 Å². The molecule has 1 aromatic carbocycles. The van der Waals surface area contributed by atoms with Crippen molar-refractivity contribution >= 4 is 17.4 Å². The Hall–Kier alpha value is -3.39. The zero-order valence-corrected chi connectivity index (χ0v) is 17.1. The van der Waals surface area contributed by atoms with Crippen LogP contribution in [0.3, 0.4) is 0 Å². The Morgan fingerprint density at radius 1 is 1.30 bits per heavy atom. The van der Waals surface area contributed by atoms with Crippen LogP contribution in [0.15, 0.2) is 36.7 Å². The number of aromatic nitrogens is 3. The number of H-pyrrole nitrogens is 1. The maximum Gasteiger partial charge on any atom is 0.259 e. The minimum Gasteiger partial charge on any atom is -0.505 e. The number of aromatic amines is 1. The fraction of sp³-hybridized carbons (Fsp3) is 0.318. The number of likely N-dealkylation sites (tertiary alicyclic amines) is 1. The summed E-state index contributed by atoms with van der Waals surface area (Å²) in [7, 11) is 2.13. The van der Waals surface area contributed by atoms with Crippen LogP contribution in [0.5, 0.6) is 5.75 Å². The number of para-hydroxylation sites is 1. The van der Waals surface area contributed by atoms with E-state index in [2.05, 4.69) is 32.4 Å². The zero-order valence-electron chi connectivity index (χ0n) is 17.1. The number of hydrogen-bond acceptors (Lipinski definition) is 6. The van der Waals surface area contributed by atoms with E-state index in [1.54, 1.807) is 43.6 Å². The number of carbonyl (C=O) groups excluding carboxylic acids is 1. The second-order valence-corrected chi connectivity index (χ2v) is 7.86. The monoisotopic (exact) mass is 406 g/mol. The zero-order chi connectivity index (χ0) is 21.3. The van der Waals surface area contributed by atoms with Crippen LogP contribution in [0.25, 0.3) is 11.1 Å². The molecule has 1 aliphatic rings. The molecule has 1 fully saturated rings. The number of phenols is 1. The summed E-state index contributed by atoms with van der Waals surface area (Å²) < 4.78 is 0. The van der Waals surface area contributed by atoms with Gasteiger partial charge in [-0.1, -0.05) is 12.1 Å². The first kappa shape index (κ1) is 19.9. The molecule has 1 saturated heterocycles. The first-order valence-corrected chi connectivity index (χ1v) is 10.0. The van der Waals surface area contributed by atoms with Gasteiger partial charge in [0.1, 0.15) is 11.6 Å². The van der Waals surface area contributed by atoms with Crippen molar-refractivity contribution in [1.29, 1.82) is 0 Å². The number of phenolic OH excluding ortho intramolecular Hbond substituents is 1. The van der Waals surface area contributed by atoms with Crippen LogP contribution in [0, 0.1) is 6.92 Å². The molecule has 0 bridgehead atoms. The molecule has 8 heteroatoms. The summed E-state index contributed by atoms with van der Waals surface area (Å²) in [6, 6.07) is 6.91. The highest BCUT2D eigenvalue weighted by atomic mass is 16.3. The Bertz CT molecular complexity index is 1070. The third-order valence-electron chi connectivity index (χ3n) is 5.76. The molecule has 8 nitrogen and oxygen atoms in total. The molecular weight excluding hydrogens is 380 g/mol. The number of pyridine rings is 1. The number of anilines is 2. The normalized spacial score (nSPS) is 15.3. The molecule has 0 unspecified atom stereocenters. The average molecular weight is 406 g/mol. The third-order valence-corrected chi connectivity index (χ3v) is 5.76. The van der Waals surface area contributed by atoms with E-state index < -0.39 is 5.91 Å². The first-order chi connectivity index (χ1) is 14.4. The molecule has 0 saturated carbocycles. The predicted molar refractivity (Wildman–Crippen MR) is 117 cm³/mol. The van der Waals surface area contributed by atoms with Gasteiger partial charge in [-0.05, 0) is 57.6 Å². The van der Waals surface area contributed by atoms with E-state index in [1.165, 1.54) is 0 Å². The maximum absolute atomic E-state index is 12.9. The lowest BCUT2D eigenvalue weighted by molar-refractivity contribution is 0.102. The third kappa shape index (κ3) is 3.86. The number of carbonyl (C=O) groups is 1. The molecule has 1 amide bonds. The van der Waals surface area contributed by atoms with Gasteiger partial charge in [-0.2, -0.15) is 5.10 Å². The summed E-state index contributed by atoms with van der Waals surface area (Å²) in [5, 5.41) is 20.3. The number of nitrogens with one attached hydrogen (secondary N) is 2. The number of hydrogen-bond donors (Lipinski definition) is 4. The summed E-state index contributed by atoms with van der Waals surface area (Å²) in [5.74, 6) is 0.130. The number of nitrogens with two attached hydrogens (primary N) is 1. The summed E-state index contributed by atoms with van der Waals surface area (Å²) >= 11 is 0. The summed E-state index contributed by atoms with van der Waals surface area (Å²) in [4.78, 5) is 19.4. The van der Waals surface area contributed by atoms with E-state index >= 15 is 0 Å². The highest BCUT2D eigenvalue weighted by Crippen LogP contribution is 2.34. The summed E-state index contributed by atoms with van der Waals surface area (Å²) in [5.41, 5.74) is 10.0. The lowest BCUT2D eigenvalue weighted by atomic mass is 9.90. The Labute approximate surface area is 175 Å². The Morgan fingerprint density at radius 3 is 2.83 bits per heavy atom. The van der Waals surface area contributed by atoms with Gasteiger partial charge in [-0.15, -0.1) is 0 Å². The maximum atomic E-state index is 12.9. The fourth-order valence-electron chi connectivity index (χ4n) is 3.89. The quantitative estimate of drug-likeness (QED) is 0.494. The van der Waals surface area contributed by atoms with Gasteiger partial charge in [0.15, 0.2) is 0 Å². The number of amides is 1. The molecule has 0 radical (unpaired) electrons. The molecule has 4 rings (SSSR count). The number of nitrogens with zero attached hydrogens (tertiary/aromatic N) is 3. The van der Waals surface area contributed by atoms with E-state index in [4.69, 9.17) is 5.73 Å². The molecule has 156 valence electrons. The molecule has 0 atom stereocenters. The smallest absolute Gasteiger partial charge is 0.259 e. The van der Waals surface area contributed by atoms with Crippen LogP contribution >= 0.6 is 0 Å². The number of rotatable bonds is 4. The topological polar surface area (TPSA) is 120 Å². The Kier molecular flexibility index (Phi) is 5.41. The van der Waals surface area contributed by atoms with Gasteiger partial charge in [0.25, 0.3) is 5.91 Å². The van der Waals surface area contributed by atoms with Gasteiger partial charge in [0.2, 0.25) is 0 Å². The summed E-state index contributed by atoms with van der Waals surface area (Å²) in [6.07, 6.45) is 5.54. The van der Waals surface area contributed by atoms with E-state index in [9.17, 15) is 9.90 Å². The van der Waals surface area contributed by atoms with E-state index in [0.717, 1.165) is 42.8 Å². The number of piperidine rings is 1. The molecule has 30 heavy (non-hydrogen) atoms. The fourth-order valence-corrected chi connectivity index (χ4v) is 3.89. The standard InChI is InChI=1S/C22H26N6O2/c1-13-4-3-5-18(20(13)29)26-22(30)16-10-15(11-24-21(16)23)17-12-25-27-19(17)14-6-8-28(2)9-7-14/h3-5,10-12,14,29H,6-9H2,1-2H3,(H2,23,24)(H,25,27)(H,26,30). The lowest BCUT2D eigenvalue weighted by Crippen LogP contribution is -2.29. The molecule has 2 aromatic heterocycles. The molecule has 0 aliphatic carbocycles. The predicted octanol–water partition coefficient (Wildman–Crippen LogP) is 3.13. The SMILES string of the molecule is Cc1cccc(NC(=O)c2cc(-c3cn[nH]c3C3CCN(C)CC3)cnc2N)c1O. The lowest BCUT2D eigenvalue weighted by Gasteiger charge is -2.28. The van der Waals surface area contributed by atoms with E-state index in [0.29, 0.717) is 17.2 Å². The summed E-state index contributed by atoms with van der Waals surface area (Å²) in [6.45, 7) is 3.85. The number of benzene rings is 1. The average Bonchev–Trinajstić information content (AvgIpc) is 3.22. The Balaban J connectivity index is 1.62. The second kappa shape index (κ2) is 8.16.